The summed E-state index contributed by atoms with van der Waals surface area (Å²) in [6.45, 7) is -0.182. The molecule has 2 aromatic rings. The molecule has 2 bridgehead atoms. The van der Waals surface area contributed by atoms with E-state index in [1.165, 1.54) is 6.20 Å². The van der Waals surface area contributed by atoms with Crippen LogP contribution in [0.2, 0.25) is 0 Å². The molecule has 3 aliphatic heterocycles. The molecule has 0 saturated carbocycles. The topological polar surface area (TPSA) is 178 Å². The van der Waals surface area contributed by atoms with Gasteiger partial charge in [-0.15, -0.1) is 0 Å². The fourth-order valence-corrected chi connectivity index (χ4v) is 4.55. The van der Waals surface area contributed by atoms with E-state index in [9.17, 15) is 24.9 Å². The molecule has 12 heteroatoms. The molecule has 5 rings (SSSR count). The smallest absolute Gasteiger partial charge is 0.330 e. The Morgan fingerprint density at radius 3 is 2.66 bits per heavy atom. The summed E-state index contributed by atoms with van der Waals surface area (Å²) in [4.78, 5) is 26.0. The van der Waals surface area contributed by atoms with E-state index in [1.807, 2.05) is 6.07 Å². The van der Waals surface area contributed by atoms with Crippen molar-refractivity contribution in [3.05, 3.63) is 69.0 Å². The third kappa shape index (κ3) is 4.12. The number of ether oxygens (including phenoxy) is 4. The van der Waals surface area contributed by atoms with E-state index in [-0.39, 0.29) is 13.2 Å². The lowest BCUT2D eigenvalue weighted by Gasteiger charge is -2.36. The zero-order valence-corrected chi connectivity index (χ0v) is 18.4. The second-order valence-electron chi connectivity index (χ2n) is 8.61. The third-order valence-corrected chi connectivity index (χ3v) is 6.45. The first-order valence-corrected chi connectivity index (χ1v) is 11.1. The molecule has 3 aliphatic rings. The first kappa shape index (κ1) is 23.9. The van der Waals surface area contributed by atoms with E-state index in [0.717, 1.165) is 10.6 Å². The lowest BCUT2D eigenvalue weighted by atomic mass is 9.92. The predicted octanol–water partition coefficient (Wildman–Crippen LogP) is -2.59. The van der Waals surface area contributed by atoms with Crippen LogP contribution in [0.15, 0.2) is 52.2 Å². The van der Waals surface area contributed by atoms with Crippen molar-refractivity contribution < 1.29 is 34.3 Å². The number of nitrogens with zero attached hydrogens (tertiary/aromatic N) is 1. The van der Waals surface area contributed by atoms with Crippen molar-refractivity contribution in [1.29, 1.82) is 0 Å². The van der Waals surface area contributed by atoms with Gasteiger partial charge in [0.25, 0.3) is 5.56 Å². The molecular weight excluding hydrogens is 462 g/mol. The number of nitrogens with one attached hydrogen (secondary N) is 1. The summed E-state index contributed by atoms with van der Waals surface area (Å²) in [5.74, 6) is 5.89. The molecule has 0 unspecified atom stereocenters. The van der Waals surface area contributed by atoms with Gasteiger partial charge in [0, 0.05) is 24.4 Å². The van der Waals surface area contributed by atoms with Crippen molar-refractivity contribution in [3.8, 4) is 11.8 Å². The van der Waals surface area contributed by atoms with Crippen molar-refractivity contribution in [2.24, 2.45) is 5.73 Å². The van der Waals surface area contributed by atoms with Crippen LogP contribution in [0, 0.1) is 11.8 Å². The molecule has 3 fully saturated rings. The van der Waals surface area contributed by atoms with Crippen molar-refractivity contribution in [1.82, 2.24) is 9.55 Å². The van der Waals surface area contributed by atoms with Crippen LogP contribution >= 0.6 is 0 Å². The Morgan fingerprint density at radius 2 is 1.97 bits per heavy atom. The number of hydrogen-bond acceptors (Lipinski definition) is 10. The lowest BCUT2D eigenvalue weighted by molar-refractivity contribution is -0.252. The van der Waals surface area contributed by atoms with Gasteiger partial charge in [-0.25, -0.2) is 4.79 Å². The summed E-state index contributed by atoms with van der Waals surface area (Å²) in [6, 6.07) is 10.1. The average molecular weight is 487 g/mol. The minimum atomic E-state index is -1.57. The molecule has 35 heavy (non-hydrogen) atoms. The van der Waals surface area contributed by atoms with E-state index in [4.69, 9.17) is 24.7 Å². The fraction of sp³-hybridized carbons (Fsp3) is 0.478. The largest absolute Gasteiger partial charge is 0.387 e. The van der Waals surface area contributed by atoms with Crippen molar-refractivity contribution >= 4 is 0 Å². The minimum absolute atomic E-state index is 0.0505. The maximum Gasteiger partial charge on any atom is 0.330 e. The van der Waals surface area contributed by atoms with Crippen molar-refractivity contribution in [2.75, 3.05) is 13.2 Å². The second-order valence-corrected chi connectivity index (χ2v) is 8.61. The summed E-state index contributed by atoms with van der Waals surface area (Å²) >= 11 is 0. The normalized spacial score (nSPS) is 36.6. The van der Waals surface area contributed by atoms with E-state index in [2.05, 4.69) is 16.8 Å². The predicted molar refractivity (Wildman–Crippen MR) is 118 cm³/mol. The van der Waals surface area contributed by atoms with Crippen LogP contribution in [0.1, 0.15) is 11.8 Å². The molecule has 12 nitrogen and oxygen atoms in total. The fourth-order valence-electron chi connectivity index (χ4n) is 4.55. The van der Waals surface area contributed by atoms with Gasteiger partial charge in [0.05, 0.1) is 6.61 Å². The Balaban J connectivity index is 1.50. The molecule has 1 aromatic heterocycles. The highest BCUT2D eigenvalue weighted by atomic mass is 16.7. The van der Waals surface area contributed by atoms with Gasteiger partial charge in [-0.05, 0) is 12.1 Å². The van der Waals surface area contributed by atoms with Crippen LogP contribution < -0.4 is 17.0 Å². The number of aliphatic hydroxyl groups is 3. The van der Waals surface area contributed by atoms with Gasteiger partial charge in [-0.1, -0.05) is 30.0 Å². The van der Waals surface area contributed by atoms with E-state index in [0.29, 0.717) is 5.56 Å². The SMILES string of the molecule is NC[C@H]1O[C@@H](O[C@@H](C#Cc2ccccc2)[C@@]23CO[C@@H]([C@H](n4ccc(=O)[nH]c4=O)O2)[C@@H]3O)[C@H](O)[C@@H]1O. The number of benzene rings is 1. The Kier molecular flexibility index (Phi) is 6.34. The third-order valence-electron chi connectivity index (χ3n) is 6.45. The van der Waals surface area contributed by atoms with E-state index >= 15 is 0 Å². The number of fused-ring (bicyclic) bond motifs is 2. The summed E-state index contributed by atoms with van der Waals surface area (Å²) < 4.78 is 24.6. The maximum absolute atomic E-state index is 12.4. The van der Waals surface area contributed by atoms with E-state index < -0.39 is 66.0 Å². The highest BCUT2D eigenvalue weighted by molar-refractivity contribution is 5.36. The average Bonchev–Trinajstić information content (AvgIpc) is 3.43. The summed E-state index contributed by atoms with van der Waals surface area (Å²) in [7, 11) is 0. The number of nitrogens with two attached hydrogens (primary N) is 1. The van der Waals surface area contributed by atoms with E-state index in [1.54, 1.807) is 24.3 Å². The van der Waals surface area contributed by atoms with Gasteiger partial charge in [-0.3, -0.25) is 14.3 Å². The van der Waals surface area contributed by atoms with Gasteiger partial charge < -0.3 is 40.0 Å². The van der Waals surface area contributed by atoms with Gasteiger partial charge in [0.15, 0.2) is 24.2 Å². The summed E-state index contributed by atoms with van der Waals surface area (Å²) in [5, 5.41) is 31.8. The monoisotopic (exact) mass is 487 g/mol. The quantitative estimate of drug-likeness (QED) is 0.281. The van der Waals surface area contributed by atoms with Gasteiger partial charge >= 0.3 is 5.69 Å². The summed E-state index contributed by atoms with van der Waals surface area (Å²) in [6.07, 6.45) is -8.16. The van der Waals surface area contributed by atoms with Crippen LogP contribution in [0.5, 0.6) is 0 Å². The van der Waals surface area contributed by atoms with Crippen LogP contribution in [0.25, 0.3) is 0 Å². The molecule has 3 saturated heterocycles. The Hall–Kier alpha value is -2.86. The highest BCUT2D eigenvalue weighted by Gasteiger charge is 2.66. The maximum atomic E-state index is 12.4. The van der Waals surface area contributed by atoms with Crippen LogP contribution in [0.4, 0.5) is 0 Å². The first-order valence-electron chi connectivity index (χ1n) is 11.1. The first-order chi connectivity index (χ1) is 16.8. The number of aromatic amines is 1. The zero-order chi connectivity index (χ0) is 24.7. The number of H-pyrrole nitrogens is 1. The molecule has 0 amide bonds. The van der Waals surface area contributed by atoms with Crippen molar-refractivity contribution in [2.45, 2.75) is 54.7 Å². The van der Waals surface area contributed by atoms with Crippen LogP contribution in [0.3, 0.4) is 0 Å². The highest BCUT2D eigenvalue weighted by Crippen LogP contribution is 2.47. The molecule has 1 aromatic carbocycles. The Labute approximate surface area is 198 Å². The number of aromatic nitrogens is 2. The number of rotatable bonds is 5. The van der Waals surface area contributed by atoms with Crippen LogP contribution in [-0.4, -0.2) is 86.5 Å². The molecular formula is C23H25N3O9. The molecule has 9 atom stereocenters. The Morgan fingerprint density at radius 1 is 1.20 bits per heavy atom. The lowest BCUT2D eigenvalue weighted by Crippen LogP contribution is -2.54. The molecule has 186 valence electrons. The summed E-state index contributed by atoms with van der Waals surface area (Å²) in [5.41, 5.74) is 3.37. The Bertz CT molecular complexity index is 1240. The van der Waals surface area contributed by atoms with Crippen molar-refractivity contribution in [3.63, 3.8) is 0 Å². The molecule has 0 radical (unpaired) electrons. The van der Waals surface area contributed by atoms with Gasteiger partial charge in [0.1, 0.15) is 30.5 Å². The van der Waals surface area contributed by atoms with Gasteiger partial charge in [0.2, 0.25) is 0 Å². The van der Waals surface area contributed by atoms with Gasteiger partial charge in [-0.2, -0.15) is 0 Å². The molecule has 6 N–H and O–H groups in total. The zero-order valence-electron chi connectivity index (χ0n) is 18.4. The van der Waals surface area contributed by atoms with Crippen LogP contribution in [-0.2, 0) is 18.9 Å². The molecule has 0 aliphatic carbocycles. The number of aliphatic hydroxyl groups excluding tert-OH is 3. The molecule has 0 spiro atoms. The molecule has 4 heterocycles. The number of hydrogen-bond donors (Lipinski definition) is 5. The second kappa shape index (κ2) is 9.30. The minimum Gasteiger partial charge on any atom is -0.387 e. The standard InChI is InChI=1S/C23H25N3O9/c24-10-13-16(28)17(29)21(33-13)34-14(7-6-12-4-2-1-3-5-12)23-11-32-18(19(23)30)20(35-23)26-9-8-15(27)25-22(26)31/h1-5,8-9,13-14,16-21,28-30H,10-11,24H2,(H,25,27,31)/t13-,14+,16-,17-,18-,19+,20-,21+,23-/m1/s1.